The lowest BCUT2D eigenvalue weighted by atomic mass is 9.93. The van der Waals surface area contributed by atoms with Crippen molar-refractivity contribution in [3.63, 3.8) is 0 Å². The molecule has 1 saturated carbocycles. The van der Waals surface area contributed by atoms with Crippen LogP contribution in [0.4, 0.5) is 22.2 Å². The third kappa shape index (κ3) is 11.0. The van der Waals surface area contributed by atoms with Gasteiger partial charge in [-0.05, 0) is 49.4 Å². The summed E-state index contributed by atoms with van der Waals surface area (Å²) in [5, 5.41) is 22.3. The molecule has 0 spiro atoms. The quantitative estimate of drug-likeness (QED) is 0.127. The average Bonchev–Trinajstić information content (AvgIpc) is 3.02. The summed E-state index contributed by atoms with van der Waals surface area (Å²) in [6.07, 6.45) is 2.79. The van der Waals surface area contributed by atoms with Crippen molar-refractivity contribution in [1.29, 1.82) is 0 Å². The number of halogens is 1. The first-order chi connectivity index (χ1) is 21.0. The van der Waals surface area contributed by atoms with Gasteiger partial charge in [-0.25, -0.2) is 4.39 Å². The number of carbonyl (C=O) groups excluding carboxylic acids is 1. The number of amides is 1. The van der Waals surface area contributed by atoms with Crippen LogP contribution in [0, 0.1) is 5.82 Å². The predicted octanol–water partition coefficient (Wildman–Crippen LogP) is 2.67. The summed E-state index contributed by atoms with van der Waals surface area (Å²) in [6, 6.07) is 13.9. The Morgan fingerprint density at radius 3 is 2.21 bits per heavy atom. The van der Waals surface area contributed by atoms with Crippen molar-refractivity contribution in [3.8, 4) is 0 Å². The van der Waals surface area contributed by atoms with Crippen molar-refractivity contribution >= 4 is 23.8 Å². The smallest absolute Gasteiger partial charge is 0.251 e. The van der Waals surface area contributed by atoms with E-state index in [-0.39, 0.29) is 30.4 Å². The molecule has 0 radical (unpaired) electrons. The normalized spacial score (nSPS) is 16.4. The molecule has 0 atom stereocenters. The fourth-order valence-electron chi connectivity index (χ4n) is 4.52. The van der Waals surface area contributed by atoms with E-state index in [1.165, 1.54) is 6.07 Å². The summed E-state index contributed by atoms with van der Waals surface area (Å²) in [7, 11) is 0. The molecule has 1 aliphatic rings. The molecule has 0 bridgehead atoms. The van der Waals surface area contributed by atoms with Crippen LogP contribution in [0.2, 0.25) is 0 Å². The van der Waals surface area contributed by atoms with Crippen LogP contribution in [0.5, 0.6) is 0 Å². The molecule has 43 heavy (non-hydrogen) atoms. The van der Waals surface area contributed by atoms with Crippen molar-refractivity contribution in [2.75, 3.05) is 55.5 Å². The zero-order valence-electron chi connectivity index (χ0n) is 24.2. The van der Waals surface area contributed by atoms with Crippen molar-refractivity contribution in [2.45, 2.75) is 50.9 Å². The summed E-state index contributed by atoms with van der Waals surface area (Å²) in [5.74, 6) is 0.555. The van der Waals surface area contributed by atoms with Crippen molar-refractivity contribution in [1.82, 2.24) is 20.3 Å². The van der Waals surface area contributed by atoms with Crippen molar-refractivity contribution < 1.29 is 23.8 Å². The first kappa shape index (κ1) is 32.0. The number of ether oxygens (including phenoxy) is 2. The molecular weight excluding hydrogens is 555 g/mol. The number of hydrogen-bond donors (Lipinski definition) is 6. The van der Waals surface area contributed by atoms with Gasteiger partial charge in [0.25, 0.3) is 5.91 Å². The summed E-state index contributed by atoms with van der Waals surface area (Å²) in [6.45, 7) is 3.31. The number of aliphatic hydroxyl groups is 1. The minimum absolute atomic E-state index is 0.138. The SMILES string of the molecule is NCCOCCOCCNC(=O)c1ccc(CNc2nc(NCc3ccccc3F)nc(NC3CCC(O)CC3)n2)cc1. The molecule has 1 amide bonds. The number of aliphatic hydroxyl groups excluding tert-OH is 1. The summed E-state index contributed by atoms with van der Waals surface area (Å²) >= 11 is 0. The molecule has 1 aliphatic carbocycles. The van der Waals surface area contributed by atoms with Crippen LogP contribution in [0.25, 0.3) is 0 Å². The number of rotatable bonds is 17. The zero-order chi connectivity index (χ0) is 30.3. The number of benzene rings is 2. The Hall–Kier alpha value is -3.91. The molecule has 1 fully saturated rings. The van der Waals surface area contributed by atoms with Gasteiger partial charge in [-0.3, -0.25) is 4.79 Å². The lowest BCUT2D eigenvalue weighted by Gasteiger charge is -2.26. The van der Waals surface area contributed by atoms with E-state index in [4.69, 9.17) is 15.2 Å². The molecule has 2 aromatic carbocycles. The molecule has 0 saturated heterocycles. The third-order valence-corrected chi connectivity index (χ3v) is 6.89. The van der Waals surface area contributed by atoms with E-state index < -0.39 is 0 Å². The van der Waals surface area contributed by atoms with E-state index in [1.807, 2.05) is 12.1 Å². The number of nitrogens with zero attached hydrogens (tertiary/aromatic N) is 3. The van der Waals surface area contributed by atoms with Gasteiger partial charge in [-0.2, -0.15) is 15.0 Å². The van der Waals surface area contributed by atoms with Crippen LogP contribution in [0.1, 0.15) is 47.2 Å². The van der Waals surface area contributed by atoms with Gasteiger partial charge in [-0.1, -0.05) is 30.3 Å². The lowest BCUT2D eigenvalue weighted by Crippen LogP contribution is -2.29. The maximum atomic E-state index is 14.1. The largest absolute Gasteiger partial charge is 0.393 e. The number of nitrogens with one attached hydrogen (secondary N) is 4. The second kappa shape index (κ2) is 17.3. The molecule has 232 valence electrons. The average molecular weight is 597 g/mol. The van der Waals surface area contributed by atoms with Crippen molar-refractivity contribution in [2.24, 2.45) is 5.73 Å². The van der Waals surface area contributed by atoms with Gasteiger partial charge in [0.05, 0.1) is 32.5 Å². The van der Waals surface area contributed by atoms with Gasteiger partial charge in [0, 0.05) is 43.3 Å². The fraction of sp³-hybridized carbons (Fsp3) is 0.467. The monoisotopic (exact) mass is 596 g/mol. The van der Waals surface area contributed by atoms with E-state index >= 15 is 0 Å². The first-order valence-electron chi connectivity index (χ1n) is 14.6. The maximum absolute atomic E-state index is 14.1. The molecule has 4 rings (SSSR count). The molecule has 0 aliphatic heterocycles. The van der Waals surface area contributed by atoms with Crippen LogP contribution >= 0.6 is 0 Å². The molecule has 0 unspecified atom stereocenters. The molecule has 13 heteroatoms. The minimum Gasteiger partial charge on any atom is -0.393 e. The third-order valence-electron chi connectivity index (χ3n) is 6.89. The molecule has 12 nitrogen and oxygen atoms in total. The predicted molar refractivity (Wildman–Crippen MR) is 162 cm³/mol. The van der Waals surface area contributed by atoms with Gasteiger partial charge in [0.2, 0.25) is 17.8 Å². The maximum Gasteiger partial charge on any atom is 0.251 e. The van der Waals surface area contributed by atoms with Crippen LogP contribution in [0.15, 0.2) is 48.5 Å². The summed E-state index contributed by atoms with van der Waals surface area (Å²) in [4.78, 5) is 26.0. The Kier molecular flexibility index (Phi) is 12.9. The number of carbonyl (C=O) groups is 1. The van der Waals surface area contributed by atoms with E-state index in [0.717, 1.165) is 31.2 Å². The van der Waals surface area contributed by atoms with E-state index in [0.29, 0.717) is 75.0 Å². The molecular formula is C30H41FN8O4. The van der Waals surface area contributed by atoms with Crippen LogP contribution in [-0.2, 0) is 22.6 Å². The van der Waals surface area contributed by atoms with Gasteiger partial charge < -0.3 is 41.6 Å². The fourth-order valence-corrected chi connectivity index (χ4v) is 4.52. The Labute approximate surface area is 251 Å². The van der Waals surface area contributed by atoms with E-state index in [2.05, 4.69) is 36.2 Å². The molecule has 3 aromatic rings. The topological polar surface area (TPSA) is 169 Å². The van der Waals surface area contributed by atoms with Crippen LogP contribution in [0.3, 0.4) is 0 Å². The van der Waals surface area contributed by atoms with Crippen LogP contribution in [-0.4, -0.2) is 77.6 Å². The zero-order valence-corrected chi connectivity index (χ0v) is 24.2. The highest BCUT2D eigenvalue weighted by molar-refractivity contribution is 5.94. The Morgan fingerprint density at radius 2 is 1.51 bits per heavy atom. The van der Waals surface area contributed by atoms with Crippen LogP contribution < -0.4 is 27.0 Å². The Morgan fingerprint density at radius 1 is 0.860 bits per heavy atom. The van der Waals surface area contributed by atoms with Gasteiger partial charge in [-0.15, -0.1) is 0 Å². The first-order valence-corrected chi connectivity index (χ1v) is 14.6. The Balaban J connectivity index is 1.31. The number of nitrogens with two attached hydrogens (primary N) is 1. The van der Waals surface area contributed by atoms with Crippen molar-refractivity contribution in [3.05, 3.63) is 71.0 Å². The second-order valence-electron chi connectivity index (χ2n) is 10.2. The molecule has 1 aromatic heterocycles. The highest BCUT2D eigenvalue weighted by atomic mass is 19.1. The highest BCUT2D eigenvalue weighted by Crippen LogP contribution is 2.22. The number of aromatic nitrogens is 3. The Bertz CT molecular complexity index is 1280. The minimum atomic E-state index is -0.309. The lowest BCUT2D eigenvalue weighted by molar-refractivity contribution is 0.0511. The van der Waals surface area contributed by atoms with Gasteiger partial charge in [0.1, 0.15) is 5.82 Å². The molecule has 1 heterocycles. The van der Waals surface area contributed by atoms with E-state index in [1.54, 1.807) is 30.3 Å². The number of anilines is 3. The second-order valence-corrected chi connectivity index (χ2v) is 10.2. The summed E-state index contributed by atoms with van der Waals surface area (Å²) < 4.78 is 24.8. The summed E-state index contributed by atoms with van der Waals surface area (Å²) in [5.41, 5.74) is 7.33. The van der Waals surface area contributed by atoms with Gasteiger partial charge >= 0.3 is 0 Å². The highest BCUT2D eigenvalue weighted by Gasteiger charge is 2.20. The molecule has 7 N–H and O–H groups in total. The standard InChI is InChI=1S/C30H41FN8O4/c31-26-4-2-1-3-23(26)20-35-29-37-28(38-30(39-29)36-24-9-11-25(40)12-10-24)34-19-21-5-7-22(8-6-21)27(41)33-14-16-43-18-17-42-15-13-32/h1-8,24-25,40H,9-20,32H2,(H,33,41)(H3,34,35,36,37,38,39). The van der Waals surface area contributed by atoms with E-state index in [9.17, 15) is 14.3 Å². The number of hydrogen-bond acceptors (Lipinski definition) is 11. The van der Waals surface area contributed by atoms with Gasteiger partial charge in [0.15, 0.2) is 0 Å².